The number of aliphatic hydroxyl groups is 1. The van der Waals surface area contributed by atoms with E-state index in [1.807, 2.05) is 41.3 Å². The van der Waals surface area contributed by atoms with Crippen LogP contribution in [0.5, 0.6) is 5.75 Å². The summed E-state index contributed by atoms with van der Waals surface area (Å²) >= 11 is 0. The minimum atomic E-state index is -4.84. The molecule has 0 saturated heterocycles. The molecule has 0 spiro atoms. The number of anilines is 2. The van der Waals surface area contributed by atoms with Gasteiger partial charge in [-0.15, -0.1) is 13.2 Å². The highest BCUT2D eigenvalue weighted by molar-refractivity contribution is 7.90. The van der Waals surface area contributed by atoms with Gasteiger partial charge in [-0.05, 0) is 60.4 Å². The quantitative estimate of drug-likeness (QED) is 0.444. The van der Waals surface area contributed by atoms with Crippen molar-refractivity contribution in [2.75, 3.05) is 18.0 Å². The number of rotatable bonds is 7. The fourth-order valence-electron chi connectivity index (χ4n) is 3.97. The smallest absolute Gasteiger partial charge is 0.406 e. The Hall–Kier alpha value is -3.08. The molecule has 180 valence electrons. The number of hydrogen-bond acceptors (Lipinski definition) is 5. The van der Waals surface area contributed by atoms with Gasteiger partial charge in [0.15, 0.2) is 0 Å². The first kappa shape index (κ1) is 24.1. The van der Waals surface area contributed by atoms with Gasteiger partial charge in [0.25, 0.3) is 0 Å². The molecule has 10 heteroatoms. The van der Waals surface area contributed by atoms with Gasteiger partial charge in [-0.2, -0.15) is 0 Å². The topological polar surface area (TPSA) is 85.7 Å². The molecule has 3 N–H and O–H groups in total. The molecule has 3 aromatic carbocycles. The second-order valence-electron chi connectivity index (χ2n) is 7.95. The zero-order valence-electron chi connectivity index (χ0n) is 18.1. The van der Waals surface area contributed by atoms with Crippen LogP contribution in [-0.4, -0.2) is 34.9 Å². The normalized spacial score (nSPS) is 16.1. The Morgan fingerprint density at radius 1 is 0.971 bits per heavy atom. The first-order valence-corrected chi connectivity index (χ1v) is 12.2. The van der Waals surface area contributed by atoms with Crippen LogP contribution in [0.2, 0.25) is 0 Å². The number of aliphatic hydroxyl groups excluding tert-OH is 1. The predicted molar refractivity (Wildman–Crippen MR) is 124 cm³/mol. The molecule has 4 rings (SSSR count). The zero-order chi connectivity index (χ0) is 24.3. The SMILES string of the molecule is N=[S@](=O)(NC[C@@H](O)CN1c2ccccc2CCc2ccccc21)c1ccc(OC(F)(F)F)cc1. The van der Waals surface area contributed by atoms with Gasteiger partial charge in [0.1, 0.15) is 15.7 Å². The average Bonchev–Trinajstić information content (AvgIpc) is 2.95. The molecule has 0 saturated carbocycles. The molecule has 0 bridgehead atoms. The van der Waals surface area contributed by atoms with Crippen molar-refractivity contribution in [3.05, 3.63) is 83.9 Å². The van der Waals surface area contributed by atoms with Crippen molar-refractivity contribution in [2.45, 2.75) is 30.2 Å². The van der Waals surface area contributed by atoms with Gasteiger partial charge >= 0.3 is 6.36 Å². The molecule has 34 heavy (non-hydrogen) atoms. The number of nitrogens with zero attached hydrogens (tertiary/aromatic N) is 1. The third kappa shape index (κ3) is 5.69. The van der Waals surface area contributed by atoms with E-state index in [9.17, 15) is 22.5 Å². The molecule has 1 aliphatic heterocycles. The summed E-state index contributed by atoms with van der Waals surface area (Å²) in [7, 11) is -3.55. The van der Waals surface area contributed by atoms with E-state index in [4.69, 9.17) is 4.78 Å². The summed E-state index contributed by atoms with van der Waals surface area (Å²) in [5.74, 6) is -0.468. The summed E-state index contributed by atoms with van der Waals surface area (Å²) < 4.78 is 64.3. The number of β-amino-alcohol motifs (C(OH)–C–C–N with tert-alkyl or cyclic N) is 1. The molecule has 0 fully saturated rings. The van der Waals surface area contributed by atoms with E-state index in [0.717, 1.165) is 59.6 Å². The van der Waals surface area contributed by atoms with E-state index in [1.54, 1.807) is 0 Å². The Morgan fingerprint density at radius 2 is 1.50 bits per heavy atom. The van der Waals surface area contributed by atoms with Crippen molar-refractivity contribution in [2.24, 2.45) is 0 Å². The number of hydrogen-bond donors (Lipinski definition) is 3. The maximum Gasteiger partial charge on any atom is 0.573 e. The lowest BCUT2D eigenvalue weighted by atomic mass is 10.0. The Kier molecular flexibility index (Phi) is 6.83. The second-order valence-corrected chi connectivity index (χ2v) is 9.82. The molecule has 0 radical (unpaired) electrons. The van der Waals surface area contributed by atoms with Crippen molar-refractivity contribution < 1.29 is 27.2 Å². The number of benzene rings is 3. The van der Waals surface area contributed by atoms with Crippen molar-refractivity contribution in [3.63, 3.8) is 0 Å². The van der Waals surface area contributed by atoms with Gasteiger partial charge in [-0.3, -0.25) is 0 Å². The molecular weight excluding hydrogens is 467 g/mol. The third-order valence-electron chi connectivity index (χ3n) is 5.53. The van der Waals surface area contributed by atoms with Crippen LogP contribution in [0.4, 0.5) is 24.5 Å². The molecule has 0 aromatic heterocycles. The van der Waals surface area contributed by atoms with Gasteiger partial charge in [-0.1, -0.05) is 36.4 Å². The molecule has 3 aromatic rings. The van der Waals surface area contributed by atoms with E-state index in [-0.39, 0.29) is 18.0 Å². The number of halogens is 3. The Labute approximate surface area is 196 Å². The summed E-state index contributed by atoms with van der Waals surface area (Å²) in [6.45, 7) is 0.0544. The van der Waals surface area contributed by atoms with Gasteiger partial charge in [0, 0.05) is 17.9 Å². The van der Waals surface area contributed by atoms with Crippen LogP contribution in [-0.2, 0) is 22.8 Å². The Bertz CT molecular complexity index is 1200. The minimum Gasteiger partial charge on any atom is -0.406 e. The van der Waals surface area contributed by atoms with E-state index < -0.39 is 28.1 Å². The van der Waals surface area contributed by atoms with Gasteiger partial charge in [-0.25, -0.2) is 13.7 Å². The van der Waals surface area contributed by atoms with Gasteiger partial charge in [0.2, 0.25) is 0 Å². The summed E-state index contributed by atoms with van der Waals surface area (Å²) in [6, 6.07) is 20.2. The van der Waals surface area contributed by atoms with Crippen molar-refractivity contribution >= 4 is 21.3 Å². The summed E-state index contributed by atoms with van der Waals surface area (Å²) in [5.41, 5.74) is 4.28. The standard InChI is InChI=1S/C24H24F3N3O3S/c25-24(26,27)33-20-11-13-21(14-12-20)34(28,32)29-15-19(31)16-30-22-7-3-1-5-17(22)9-10-18-6-2-4-8-23(18)30/h1-8,11-14,19,31H,9-10,15-16H2,(H2,28,29,32)/t19-,34+/m1/s1. The first-order chi connectivity index (χ1) is 16.1. The number of nitrogens with one attached hydrogen (secondary N) is 2. The highest BCUT2D eigenvalue weighted by atomic mass is 32.2. The van der Waals surface area contributed by atoms with E-state index in [2.05, 4.69) is 21.6 Å². The molecule has 0 amide bonds. The van der Waals surface area contributed by atoms with Gasteiger partial charge in [0.05, 0.1) is 17.5 Å². The van der Waals surface area contributed by atoms with Crippen LogP contribution in [0, 0.1) is 4.78 Å². The first-order valence-electron chi connectivity index (χ1n) is 10.6. The summed E-state index contributed by atoms with van der Waals surface area (Å²) in [4.78, 5) is 2.01. The van der Waals surface area contributed by atoms with E-state index in [1.165, 1.54) is 0 Å². The Balaban J connectivity index is 1.46. The largest absolute Gasteiger partial charge is 0.573 e. The molecule has 0 unspecified atom stereocenters. The van der Waals surface area contributed by atoms with Crippen LogP contribution in [0.3, 0.4) is 0 Å². The summed E-state index contributed by atoms with van der Waals surface area (Å²) in [5, 5.41) is 10.8. The molecular formula is C24H24F3N3O3S. The van der Waals surface area contributed by atoms with Crippen LogP contribution in [0.1, 0.15) is 11.1 Å². The molecule has 6 nitrogen and oxygen atoms in total. The lowest BCUT2D eigenvalue weighted by molar-refractivity contribution is -0.274. The molecule has 0 aliphatic carbocycles. The van der Waals surface area contributed by atoms with E-state index >= 15 is 0 Å². The van der Waals surface area contributed by atoms with Crippen LogP contribution >= 0.6 is 0 Å². The number of alkyl halides is 3. The van der Waals surface area contributed by atoms with Crippen LogP contribution in [0.25, 0.3) is 0 Å². The fraction of sp³-hybridized carbons (Fsp3) is 0.250. The van der Waals surface area contributed by atoms with E-state index in [0.29, 0.717) is 0 Å². The lowest BCUT2D eigenvalue weighted by Gasteiger charge is -2.29. The molecule has 1 aliphatic rings. The maximum absolute atomic E-state index is 12.8. The number of aryl methyl sites for hydroxylation is 2. The van der Waals surface area contributed by atoms with Crippen LogP contribution < -0.4 is 14.4 Å². The minimum absolute atomic E-state index is 0.0142. The van der Waals surface area contributed by atoms with Crippen molar-refractivity contribution in [1.82, 2.24) is 4.72 Å². The predicted octanol–water partition coefficient (Wildman–Crippen LogP) is 4.79. The number of fused-ring (bicyclic) bond motifs is 2. The maximum atomic E-state index is 12.8. The van der Waals surface area contributed by atoms with Crippen molar-refractivity contribution in [3.8, 4) is 5.75 Å². The monoisotopic (exact) mass is 491 g/mol. The van der Waals surface area contributed by atoms with Gasteiger partial charge < -0.3 is 14.7 Å². The summed E-state index contributed by atoms with van der Waals surface area (Å²) in [6.07, 6.45) is -4.07. The Morgan fingerprint density at radius 3 is 2.03 bits per heavy atom. The fourth-order valence-corrected chi connectivity index (χ4v) is 5.09. The third-order valence-corrected chi connectivity index (χ3v) is 7.04. The number of para-hydroxylation sites is 2. The number of ether oxygens (including phenoxy) is 1. The molecule has 2 atom stereocenters. The zero-order valence-corrected chi connectivity index (χ0v) is 18.9. The second kappa shape index (κ2) is 9.65. The highest BCUT2D eigenvalue weighted by Crippen LogP contribution is 2.36. The highest BCUT2D eigenvalue weighted by Gasteiger charge is 2.31. The lowest BCUT2D eigenvalue weighted by Crippen LogP contribution is -2.38. The molecule has 1 heterocycles. The van der Waals surface area contributed by atoms with Crippen LogP contribution in [0.15, 0.2) is 77.7 Å². The average molecular weight is 492 g/mol. The van der Waals surface area contributed by atoms with Crippen molar-refractivity contribution in [1.29, 1.82) is 4.78 Å².